The van der Waals surface area contributed by atoms with Crippen molar-refractivity contribution in [1.82, 2.24) is 0 Å². The van der Waals surface area contributed by atoms with Crippen LogP contribution in [0.5, 0.6) is 0 Å². The van der Waals surface area contributed by atoms with Crippen LogP contribution in [0.15, 0.2) is 0 Å². The minimum atomic E-state index is -0.691. The molecule has 1 unspecified atom stereocenters. The third-order valence-electron chi connectivity index (χ3n) is 3.51. The zero-order valence-electron chi connectivity index (χ0n) is 11.0. The van der Waals surface area contributed by atoms with Gasteiger partial charge in [-0.05, 0) is 12.3 Å². The average Bonchev–Trinajstić information content (AvgIpc) is 2.70. The van der Waals surface area contributed by atoms with Crippen molar-refractivity contribution in [3.05, 3.63) is 0 Å². The lowest BCUT2D eigenvalue weighted by molar-refractivity contribution is -0.0386. The van der Waals surface area contributed by atoms with Gasteiger partial charge in [0, 0.05) is 0 Å². The molecule has 0 saturated carbocycles. The molecular formula is C13H26O4. The first-order valence-corrected chi connectivity index (χ1v) is 6.75. The van der Waals surface area contributed by atoms with Gasteiger partial charge in [-0.2, -0.15) is 0 Å². The Hall–Kier alpha value is -0.160. The maximum atomic E-state index is 9.80. The predicted molar refractivity (Wildman–Crippen MR) is 65.9 cm³/mol. The molecule has 0 amide bonds. The lowest BCUT2D eigenvalue weighted by Crippen LogP contribution is -2.35. The topological polar surface area (TPSA) is 58.9 Å². The molecule has 4 atom stereocenters. The summed E-state index contributed by atoms with van der Waals surface area (Å²) >= 11 is 0. The summed E-state index contributed by atoms with van der Waals surface area (Å²) in [4.78, 5) is 0. The first-order valence-electron chi connectivity index (χ1n) is 6.75. The van der Waals surface area contributed by atoms with Gasteiger partial charge in [0.2, 0.25) is 0 Å². The monoisotopic (exact) mass is 246 g/mol. The molecule has 17 heavy (non-hydrogen) atoms. The third-order valence-corrected chi connectivity index (χ3v) is 3.51. The number of hydrogen-bond acceptors (Lipinski definition) is 4. The predicted octanol–water partition coefficient (Wildman–Crippen LogP) is 1.34. The number of aliphatic hydroxyl groups excluding tert-OH is 2. The van der Waals surface area contributed by atoms with Crippen molar-refractivity contribution in [1.29, 1.82) is 0 Å². The zero-order valence-corrected chi connectivity index (χ0v) is 11.0. The number of ether oxygens (including phenoxy) is 2. The van der Waals surface area contributed by atoms with Gasteiger partial charge >= 0.3 is 0 Å². The molecule has 1 rings (SSSR count). The zero-order chi connectivity index (χ0) is 12.7. The number of unbranched alkanes of at least 4 members (excludes halogenated alkanes) is 1. The summed E-state index contributed by atoms with van der Waals surface area (Å²) in [6.45, 7) is 5.28. The van der Waals surface area contributed by atoms with E-state index in [9.17, 15) is 5.11 Å². The molecule has 0 aromatic heterocycles. The van der Waals surface area contributed by atoms with Crippen molar-refractivity contribution in [3.63, 3.8) is 0 Å². The minimum absolute atomic E-state index is 0.145. The molecule has 1 fully saturated rings. The van der Waals surface area contributed by atoms with Gasteiger partial charge in [0.25, 0.3) is 0 Å². The van der Waals surface area contributed by atoms with E-state index in [1.807, 2.05) is 0 Å². The molecule has 1 aliphatic heterocycles. The Kier molecular flexibility index (Phi) is 7.04. The summed E-state index contributed by atoms with van der Waals surface area (Å²) in [5.74, 6) is 0.565. The van der Waals surface area contributed by atoms with Crippen LogP contribution in [0.2, 0.25) is 0 Å². The molecular weight excluding hydrogens is 220 g/mol. The highest BCUT2D eigenvalue weighted by Crippen LogP contribution is 2.20. The van der Waals surface area contributed by atoms with Crippen LogP contribution in [0.3, 0.4) is 0 Å². The summed E-state index contributed by atoms with van der Waals surface area (Å²) in [6, 6.07) is 0. The van der Waals surface area contributed by atoms with Gasteiger partial charge in [0.05, 0.1) is 19.8 Å². The fourth-order valence-electron chi connectivity index (χ4n) is 2.12. The minimum Gasteiger partial charge on any atom is -0.394 e. The van der Waals surface area contributed by atoms with Gasteiger partial charge in [0.1, 0.15) is 18.3 Å². The van der Waals surface area contributed by atoms with Gasteiger partial charge in [-0.3, -0.25) is 0 Å². The molecule has 1 aliphatic rings. The SMILES string of the molecule is CCCCC(CC)CO[C@@H]1CO[C@@H](CO)[C@H]1O. The summed E-state index contributed by atoms with van der Waals surface area (Å²) in [6.07, 6.45) is 3.28. The van der Waals surface area contributed by atoms with E-state index in [1.165, 1.54) is 19.3 Å². The molecule has 0 radical (unpaired) electrons. The van der Waals surface area contributed by atoms with Crippen LogP contribution in [0.25, 0.3) is 0 Å². The van der Waals surface area contributed by atoms with E-state index in [1.54, 1.807) is 0 Å². The second-order valence-electron chi connectivity index (χ2n) is 4.83. The smallest absolute Gasteiger partial charge is 0.111 e. The van der Waals surface area contributed by atoms with Crippen LogP contribution in [0.4, 0.5) is 0 Å². The molecule has 1 heterocycles. The Morgan fingerprint density at radius 3 is 2.71 bits per heavy atom. The molecule has 0 spiro atoms. The molecule has 102 valence electrons. The van der Waals surface area contributed by atoms with Gasteiger partial charge in [-0.25, -0.2) is 0 Å². The largest absolute Gasteiger partial charge is 0.394 e. The van der Waals surface area contributed by atoms with Gasteiger partial charge in [0.15, 0.2) is 0 Å². The lowest BCUT2D eigenvalue weighted by Gasteiger charge is -2.20. The molecule has 4 nitrogen and oxygen atoms in total. The maximum Gasteiger partial charge on any atom is 0.111 e. The Bertz CT molecular complexity index is 198. The fraction of sp³-hybridized carbons (Fsp3) is 1.00. The highest BCUT2D eigenvalue weighted by Gasteiger charge is 2.36. The fourth-order valence-corrected chi connectivity index (χ4v) is 2.12. The van der Waals surface area contributed by atoms with Gasteiger partial charge in [-0.1, -0.05) is 33.1 Å². The van der Waals surface area contributed by atoms with Crippen LogP contribution >= 0.6 is 0 Å². The maximum absolute atomic E-state index is 9.80. The molecule has 2 N–H and O–H groups in total. The molecule has 1 saturated heterocycles. The van der Waals surface area contributed by atoms with Crippen molar-refractivity contribution in [2.24, 2.45) is 5.92 Å². The third kappa shape index (κ3) is 4.54. The van der Waals surface area contributed by atoms with E-state index in [0.717, 1.165) is 6.42 Å². The first-order chi connectivity index (χ1) is 8.22. The van der Waals surface area contributed by atoms with E-state index in [0.29, 0.717) is 19.1 Å². The number of hydrogen-bond donors (Lipinski definition) is 2. The van der Waals surface area contributed by atoms with E-state index >= 15 is 0 Å². The number of rotatable bonds is 8. The van der Waals surface area contributed by atoms with Gasteiger partial charge in [-0.15, -0.1) is 0 Å². The second-order valence-corrected chi connectivity index (χ2v) is 4.83. The normalized spacial score (nSPS) is 30.7. The van der Waals surface area contributed by atoms with Crippen molar-refractivity contribution >= 4 is 0 Å². The average molecular weight is 246 g/mol. The standard InChI is InChI=1S/C13H26O4/c1-3-5-6-10(4-2)8-16-12-9-17-11(7-14)13(12)15/h10-15H,3-9H2,1-2H3/t10?,11-,12+,13+/m0/s1. The van der Waals surface area contributed by atoms with Crippen LogP contribution in [-0.2, 0) is 9.47 Å². The summed E-state index contributed by atoms with van der Waals surface area (Å²) in [5, 5.41) is 18.8. The van der Waals surface area contributed by atoms with Crippen molar-refractivity contribution < 1.29 is 19.7 Å². The molecule has 0 aliphatic carbocycles. The highest BCUT2D eigenvalue weighted by atomic mass is 16.6. The highest BCUT2D eigenvalue weighted by molar-refractivity contribution is 4.84. The van der Waals surface area contributed by atoms with E-state index < -0.39 is 12.2 Å². The Morgan fingerprint density at radius 1 is 1.41 bits per heavy atom. The van der Waals surface area contributed by atoms with Gasteiger partial charge < -0.3 is 19.7 Å². The van der Waals surface area contributed by atoms with Crippen molar-refractivity contribution in [2.45, 2.75) is 57.8 Å². The van der Waals surface area contributed by atoms with Crippen LogP contribution in [0.1, 0.15) is 39.5 Å². The van der Waals surface area contributed by atoms with Crippen LogP contribution < -0.4 is 0 Å². The Morgan fingerprint density at radius 2 is 2.18 bits per heavy atom. The molecule has 0 aromatic rings. The van der Waals surface area contributed by atoms with Crippen LogP contribution in [0, 0.1) is 5.92 Å². The molecule has 0 aromatic carbocycles. The quantitative estimate of drug-likeness (QED) is 0.678. The lowest BCUT2D eigenvalue weighted by atomic mass is 10.0. The van der Waals surface area contributed by atoms with E-state index in [4.69, 9.17) is 14.6 Å². The van der Waals surface area contributed by atoms with E-state index in [2.05, 4.69) is 13.8 Å². The Balaban J connectivity index is 2.25. The van der Waals surface area contributed by atoms with Crippen molar-refractivity contribution in [2.75, 3.05) is 19.8 Å². The first kappa shape index (κ1) is 14.9. The summed E-state index contributed by atoms with van der Waals surface area (Å²) < 4.78 is 11.0. The van der Waals surface area contributed by atoms with Crippen molar-refractivity contribution in [3.8, 4) is 0 Å². The van der Waals surface area contributed by atoms with Crippen LogP contribution in [-0.4, -0.2) is 48.3 Å². The molecule has 4 heteroatoms. The number of aliphatic hydroxyl groups is 2. The molecule has 0 bridgehead atoms. The summed E-state index contributed by atoms with van der Waals surface area (Å²) in [5.41, 5.74) is 0. The van der Waals surface area contributed by atoms with E-state index in [-0.39, 0.29) is 12.7 Å². The summed E-state index contributed by atoms with van der Waals surface area (Å²) in [7, 11) is 0. The second kappa shape index (κ2) is 8.03. The Labute approximate surface area is 104 Å².